The van der Waals surface area contributed by atoms with E-state index in [-0.39, 0.29) is 35.3 Å². The number of ether oxygens (including phenoxy) is 1. The number of nitrogens with zero attached hydrogens (tertiary/aromatic N) is 3. The van der Waals surface area contributed by atoms with Gasteiger partial charge in [0.05, 0.1) is 11.2 Å². The highest BCUT2D eigenvalue weighted by Crippen LogP contribution is 2.34. The van der Waals surface area contributed by atoms with Gasteiger partial charge in [-0.1, -0.05) is 41.9 Å². The summed E-state index contributed by atoms with van der Waals surface area (Å²) in [5.74, 6) is -0.893. The van der Waals surface area contributed by atoms with Gasteiger partial charge in [0.25, 0.3) is 0 Å². The van der Waals surface area contributed by atoms with Crippen molar-refractivity contribution in [2.24, 2.45) is 0 Å². The molecule has 9 heteroatoms. The average Bonchev–Trinajstić information content (AvgIpc) is 2.75. The Kier molecular flexibility index (Phi) is 5.67. The lowest BCUT2D eigenvalue weighted by molar-refractivity contribution is 0.0683. The van der Waals surface area contributed by atoms with Crippen LogP contribution in [0.3, 0.4) is 0 Å². The molecule has 2 aromatic heterocycles. The van der Waals surface area contributed by atoms with Gasteiger partial charge in [0.15, 0.2) is 11.0 Å². The highest BCUT2D eigenvalue weighted by atomic mass is 35.5. The number of hydrogen-bond acceptors (Lipinski definition) is 5. The number of benzene rings is 1. The lowest BCUT2D eigenvalue weighted by Gasteiger charge is -2.36. The third-order valence-corrected chi connectivity index (χ3v) is 5.67. The molecule has 0 aliphatic carbocycles. The molecule has 0 saturated carbocycles. The molecule has 0 radical (unpaired) electrons. The SMILES string of the molecule is C[C@@H]1CC(c2nc(=O)[nH]c3c(F)c(Cl)ncc23)CCN1C(=O)OCc1ccccc1. The van der Waals surface area contributed by atoms with Gasteiger partial charge in [0.2, 0.25) is 0 Å². The van der Waals surface area contributed by atoms with Gasteiger partial charge in [0, 0.05) is 30.1 Å². The Morgan fingerprint density at radius 2 is 2.13 bits per heavy atom. The fourth-order valence-corrected chi connectivity index (χ4v) is 4.03. The molecule has 30 heavy (non-hydrogen) atoms. The Bertz CT molecular complexity index is 1140. The molecular formula is C21H20ClFN4O3. The van der Waals surface area contributed by atoms with Crippen LogP contribution in [0.4, 0.5) is 9.18 Å². The van der Waals surface area contributed by atoms with Crippen molar-refractivity contribution in [3.05, 3.63) is 69.2 Å². The summed E-state index contributed by atoms with van der Waals surface area (Å²) in [6.07, 6.45) is 2.18. The first-order chi connectivity index (χ1) is 14.4. The molecule has 1 fully saturated rings. The van der Waals surface area contributed by atoms with E-state index in [0.29, 0.717) is 30.5 Å². The minimum atomic E-state index is -0.773. The van der Waals surface area contributed by atoms with E-state index in [1.165, 1.54) is 6.20 Å². The molecule has 1 aliphatic heterocycles. The molecule has 156 valence electrons. The number of amides is 1. The number of hydrogen-bond donors (Lipinski definition) is 1. The summed E-state index contributed by atoms with van der Waals surface area (Å²) < 4.78 is 19.8. The van der Waals surface area contributed by atoms with Crippen molar-refractivity contribution < 1.29 is 13.9 Å². The maximum absolute atomic E-state index is 14.3. The van der Waals surface area contributed by atoms with Crippen LogP contribution in [-0.4, -0.2) is 38.5 Å². The number of nitrogens with one attached hydrogen (secondary N) is 1. The van der Waals surface area contributed by atoms with Crippen molar-refractivity contribution in [2.45, 2.75) is 38.3 Å². The van der Waals surface area contributed by atoms with Gasteiger partial charge in [-0.25, -0.2) is 19.0 Å². The number of piperidine rings is 1. The molecule has 0 bridgehead atoms. The van der Waals surface area contributed by atoms with Crippen LogP contribution in [0.1, 0.15) is 36.9 Å². The quantitative estimate of drug-likeness (QED) is 0.634. The van der Waals surface area contributed by atoms with E-state index >= 15 is 0 Å². The molecule has 1 saturated heterocycles. The van der Waals surface area contributed by atoms with E-state index in [4.69, 9.17) is 16.3 Å². The molecule has 1 N–H and O–H groups in total. The summed E-state index contributed by atoms with van der Waals surface area (Å²) in [5.41, 5.74) is 0.750. The van der Waals surface area contributed by atoms with Crippen molar-refractivity contribution in [1.29, 1.82) is 0 Å². The summed E-state index contributed by atoms with van der Waals surface area (Å²) >= 11 is 5.74. The molecule has 1 aromatic carbocycles. The second-order valence-corrected chi connectivity index (χ2v) is 7.74. The van der Waals surface area contributed by atoms with Gasteiger partial charge in [0.1, 0.15) is 6.61 Å². The van der Waals surface area contributed by atoms with Crippen molar-refractivity contribution in [2.75, 3.05) is 6.54 Å². The Labute approximate surface area is 176 Å². The molecular weight excluding hydrogens is 411 g/mol. The number of likely N-dealkylation sites (tertiary alicyclic amines) is 1. The molecule has 3 heterocycles. The largest absolute Gasteiger partial charge is 0.445 e. The van der Waals surface area contributed by atoms with Crippen LogP contribution in [0.25, 0.3) is 10.9 Å². The first kappa shape index (κ1) is 20.3. The van der Waals surface area contributed by atoms with Crippen LogP contribution in [0.2, 0.25) is 5.15 Å². The van der Waals surface area contributed by atoms with E-state index in [2.05, 4.69) is 15.0 Å². The van der Waals surface area contributed by atoms with Gasteiger partial charge in [-0.3, -0.25) is 0 Å². The molecule has 3 aromatic rings. The third kappa shape index (κ3) is 4.00. The Morgan fingerprint density at radius 3 is 2.87 bits per heavy atom. The number of halogens is 2. The first-order valence-electron chi connectivity index (χ1n) is 9.65. The predicted molar refractivity (Wildman–Crippen MR) is 110 cm³/mol. The fraction of sp³-hybridized carbons (Fsp3) is 0.333. The second kappa shape index (κ2) is 8.39. The maximum Gasteiger partial charge on any atom is 0.410 e. The van der Waals surface area contributed by atoms with E-state index in [0.717, 1.165) is 5.56 Å². The van der Waals surface area contributed by atoms with Crippen molar-refractivity contribution in [3.8, 4) is 0 Å². The fourth-order valence-electron chi connectivity index (χ4n) is 3.89. The van der Waals surface area contributed by atoms with Crippen molar-refractivity contribution >= 4 is 28.6 Å². The predicted octanol–water partition coefficient (Wildman–Crippen LogP) is 4.02. The second-order valence-electron chi connectivity index (χ2n) is 7.38. The van der Waals surface area contributed by atoms with Gasteiger partial charge < -0.3 is 14.6 Å². The summed E-state index contributed by atoms with van der Waals surface area (Å²) in [7, 11) is 0. The highest BCUT2D eigenvalue weighted by Gasteiger charge is 2.32. The van der Waals surface area contributed by atoms with Crippen LogP contribution < -0.4 is 5.69 Å². The number of rotatable bonds is 3. The minimum Gasteiger partial charge on any atom is -0.445 e. The molecule has 0 spiro atoms. The molecule has 7 nitrogen and oxygen atoms in total. The van der Waals surface area contributed by atoms with Gasteiger partial charge >= 0.3 is 11.8 Å². The normalized spacial score (nSPS) is 19.1. The van der Waals surface area contributed by atoms with Crippen LogP contribution in [0.15, 0.2) is 41.3 Å². The van der Waals surface area contributed by atoms with Crippen LogP contribution in [0, 0.1) is 5.82 Å². The monoisotopic (exact) mass is 430 g/mol. The summed E-state index contributed by atoms with van der Waals surface area (Å²) in [6.45, 7) is 2.57. The van der Waals surface area contributed by atoms with Gasteiger partial charge in [-0.05, 0) is 25.3 Å². The summed E-state index contributed by atoms with van der Waals surface area (Å²) in [5, 5.41) is 0.119. The zero-order chi connectivity index (χ0) is 21.3. The maximum atomic E-state index is 14.3. The van der Waals surface area contributed by atoms with Crippen LogP contribution in [0.5, 0.6) is 0 Å². The Balaban J connectivity index is 1.50. The lowest BCUT2D eigenvalue weighted by Crippen LogP contribution is -2.44. The molecule has 1 unspecified atom stereocenters. The smallest absolute Gasteiger partial charge is 0.410 e. The number of carbonyl (C=O) groups excluding carboxylic acids is 1. The number of aromatic amines is 1. The average molecular weight is 431 g/mol. The standard InChI is InChI=1S/C21H20ClFN4O3/c1-12-9-14(7-8-27(12)21(29)30-11-13-5-3-2-4-6-13)17-15-10-24-19(22)16(23)18(15)26-20(28)25-17/h2-6,10,12,14H,7-9,11H2,1H3,(H,25,26,28)/t12-,14?/m1/s1. The van der Waals surface area contributed by atoms with E-state index in [1.807, 2.05) is 37.3 Å². The van der Waals surface area contributed by atoms with E-state index in [1.54, 1.807) is 4.90 Å². The zero-order valence-electron chi connectivity index (χ0n) is 16.3. The van der Waals surface area contributed by atoms with Crippen LogP contribution in [-0.2, 0) is 11.3 Å². The summed E-state index contributed by atoms with van der Waals surface area (Å²) in [4.78, 5) is 36.5. The zero-order valence-corrected chi connectivity index (χ0v) is 17.0. The number of fused-ring (bicyclic) bond motifs is 1. The Hall–Kier alpha value is -3.00. The number of aromatic nitrogens is 3. The lowest BCUT2D eigenvalue weighted by atomic mass is 9.87. The van der Waals surface area contributed by atoms with E-state index < -0.39 is 11.5 Å². The molecule has 1 amide bonds. The number of pyridine rings is 1. The third-order valence-electron chi connectivity index (χ3n) is 5.41. The topological polar surface area (TPSA) is 88.2 Å². The van der Waals surface area contributed by atoms with E-state index in [9.17, 15) is 14.0 Å². The first-order valence-corrected chi connectivity index (χ1v) is 10.0. The van der Waals surface area contributed by atoms with Gasteiger partial charge in [-0.15, -0.1) is 0 Å². The van der Waals surface area contributed by atoms with Crippen LogP contribution >= 0.6 is 11.6 Å². The highest BCUT2D eigenvalue weighted by molar-refractivity contribution is 6.30. The molecule has 1 aliphatic rings. The molecule has 2 atom stereocenters. The van der Waals surface area contributed by atoms with Crippen molar-refractivity contribution in [3.63, 3.8) is 0 Å². The van der Waals surface area contributed by atoms with Gasteiger partial charge in [-0.2, -0.15) is 4.98 Å². The summed E-state index contributed by atoms with van der Waals surface area (Å²) in [6, 6.07) is 9.34. The Morgan fingerprint density at radius 1 is 1.37 bits per heavy atom. The van der Waals surface area contributed by atoms with Crippen molar-refractivity contribution in [1.82, 2.24) is 19.9 Å². The molecule has 4 rings (SSSR count). The minimum absolute atomic E-state index is 0.00218. The number of H-pyrrole nitrogens is 1. The number of carbonyl (C=O) groups is 1.